The van der Waals surface area contributed by atoms with Crippen molar-refractivity contribution in [3.05, 3.63) is 40.4 Å². The lowest BCUT2D eigenvalue weighted by Crippen LogP contribution is -2.42. The first-order valence-corrected chi connectivity index (χ1v) is 10.8. The number of fused-ring (bicyclic) bond motifs is 1. The summed E-state index contributed by atoms with van der Waals surface area (Å²) in [4.78, 5) is 17.4. The molecule has 0 saturated heterocycles. The Morgan fingerprint density at radius 2 is 1.91 bits per heavy atom. The molecule has 0 radical (unpaired) electrons. The van der Waals surface area contributed by atoms with E-state index in [2.05, 4.69) is 14.8 Å². The van der Waals surface area contributed by atoms with Crippen molar-refractivity contribution in [3.63, 3.8) is 0 Å². The molecule has 1 fully saturated rings. The average Bonchev–Trinajstić information content (AvgIpc) is 3.50. The van der Waals surface area contributed by atoms with Crippen LogP contribution in [0.2, 0.25) is 0 Å². The quantitative estimate of drug-likeness (QED) is 0.368. The van der Waals surface area contributed by atoms with Crippen molar-refractivity contribution in [1.29, 1.82) is 0 Å². The first-order chi connectivity index (χ1) is 15.0. The molecule has 3 aromatic rings. The van der Waals surface area contributed by atoms with Gasteiger partial charge in [0.1, 0.15) is 5.03 Å². The van der Waals surface area contributed by atoms with E-state index in [1.165, 1.54) is 30.9 Å². The fourth-order valence-electron chi connectivity index (χ4n) is 3.31. The standard InChI is InChI=1S/C20H19F5N4O2S/c1-3-32-17-15(16-26-9-8-13(11-4-5-11)29(16)27-17)12-6-7-14(28(2)18(12)30)31-10-19(21,22)20(23,24)25/h6-9,11H,3-5,10H2,1-2H3. The fourth-order valence-corrected chi connectivity index (χ4v) is 4.06. The van der Waals surface area contributed by atoms with Crippen LogP contribution < -0.4 is 10.3 Å². The predicted octanol–water partition coefficient (Wildman–Crippen LogP) is 4.66. The molecule has 3 aromatic heterocycles. The zero-order valence-corrected chi connectivity index (χ0v) is 17.9. The molecular formula is C20H19F5N4O2S. The van der Waals surface area contributed by atoms with E-state index in [1.54, 1.807) is 10.7 Å². The van der Waals surface area contributed by atoms with Crippen LogP contribution in [0.25, 0.3) is 16.8 Å². The number of hydrogen-bond donors (Lipinski definition) is 0. The number of hydrogen-bond acceptors (Lipinski definition) is 5. The lowest BCUT2D eigenvalue weighted by Gasteiger charge is -2.20. The third-order valence-electron chi connectivity index (χ3n) is 5.14. The van der Waals surface area contributed by atoms with Gasteiger partial charge in [-0.25, -0.2) is 9.50 Å². The number of rotatable bonds is 7. The van der Waals surface area contributed by atoms with E-state index in [4.69, 9.17) is 0 Å². The second-order valence-electron chi connectivity index (χ2n) is 7.43. The van der Waals surface area contributed by atoms with Crippen LogP contribution in [0.15, 0.2) is 34.2 Å². The molecule has 1 aliphatic rings. The Bertz CT molecular complexity index is 1220. The molecule has 0 atom stereocenters. The van der Waals surface area contributed by atoms with Gasteiger partial charge in [0, 0.05) is 24.9 Å². The van der Waals surface area contributed by atoms with Crippen LogP contribution in [-0.4, -0.2) is 43.6 Å². The molecule has 0 aromatic carbocycles. The van der Waals surface area contributed by atoms with Gasteiger partial charge >= 0.3 is 12.1 Å². The van der Waals surface area contributed by atoms with Crippen molar-refractivity contribution < 1.29 is 26.7 Å². The van der Waals surface area contributed by atoms with Gasteiger partial charge in [-0.2, -0.15) is 27.1 Å². The zero-order chi connectivity index (χ0) is 23.3. The van der Waals surface area contributed by atoms with Crippen LogP contribution in [0, 0.1) is 0 Å². The van der Waals surface area contributed by atoms with Crippen molar-refractivity contribution in [2.45, 2.75) is 42.8 Å². The summed E-state index contributed by atoms with van der Waals surface area (Å²) in [6.07, 6.45) is -2.02. The van der Waals surface area contributed by atoms with E-state index < -0.39 is 30.1 Å². The number of alkyl halides is 5. The van der Waals surface area contributed by atoms with Crippen LogP contribution >= 0.6 is 11.8 Å². The second kappa shape index (κ2) is 8.05. The van der Waals surface area contributed by atoms with Gasteiger partial charge in [0.2, 0.25) is 0 Å². The normalized spacial score (nSPS) is 14.8. The topological polar surface area (TPSA) is 61.4 Å². The molecular weight excluding hydrogens is 455 g/mol. The molecule has 0 aliphatic heterocycles. The summed E-state index contributed by atoms with van der Waals surface area (Å²) in [5.41, 5.74) is 1.55. The minimum Gasteiger partial charge on any atom is -0.472 e. The van der Waals surface area contributed by atoms with E-state index in [0.717, 1.165) is 23.1 Å². The molecule has 0 N–H and O–H groups in total. The first kappa shape index (κ1) is 22.6. The van der Waals surface area contributed by atoms with Gasteiger partial charge in [-0.15, -0.1) is 11.8 Å². The zero-order valence-electron chi connectivity index (χ0n) is 17.1. The summed E-state index contributed by atoms with van der Waals surface area (Å²) < 4.78 is 70.9. The highest BCUT2D eigenvalue weighted by Gasteiger charge is 2.58. The molecule has 6 nitrogen and oxygen atoms in total. The number of pyridine rings is 1. The number of nitrogens with zero attached hydrogens (tertiary/aromatic N) is 4. The van der Waals surface area contributed by atoms with Gasteiger partial charge in [-0.1, -0.05) is 6.92 Å². The molecule has 0 amide bonds. The Morgan fingerprint density at radius 1 is 1.19 bits per heavy atom. The molecule has 0 bridgehead atoms. The molecule has 0 spiro atoms. The molecule has 3 heterocycles. The third-order valence-corrected chi connectivity index (χ3v) is 5.98. The lowest BCUT2D eigenvalue weighted by atomic mass is 10.1. The Morgan fingerprint density at radius 3 is 2.53 bits per heavy atom. The maximum atomic E-state index is 13.2. The van der Waals surface area contributed by atoms with Gasteiger partial charge in [0.25, 0.3) is 5.56 Å². The molecule has 1 saturated carbocycles. The van der Waals surface area contributed by atoms with Crippen molar-refractivity contribution in [2.24, 2.45) is 7.05 Å². The minimum atomic E-state index is -5.75. The SMILES string of the molecule is CCSc1nn2c(C3CC3)ccnc2c1-c1ccc(OCC(F)(F)C(F)(F)F)n(C)c1=O. The number of halogens is 5. The van der Waals surface area contributed by atoms with Crippen molar-refractivity contribution in [1.82, 2.24) is 19.2 Å². The summed E-state index contributed by atoms with van der Waals surface area (Å²) in [6.45, 7) is 0.00659. The summed E-state index contributed by atoms with van der Waals surface area (Å²) in [5, 5.41) is 5.23. The van der Waals surface area contributed by atoms with Crippen LogP contribution in [0.5, 0.6) is 5.88 Å². The Labute approximate surface area is 183 Å². The molecule has 32 heavy (non-hydrogen) atoms. The third kappa shape index (κ3) is 3.96. The maximum absolute atomic E-state index is 13.2. The Hall–Kier alpha value is -2.63. The van der Waals surface area contributed by atoms with Gasteiger partial charge in [0.05, 0.1) is 11.1 Å². The minimum absolute atomic E-state index is 0.203. The maximum Gasteiger partial charge on any atom is 0.456 e. The lowest BCUT2D eigenvalue weighted by molar-refractivity contribution is -0.290. The number of ether oxygens (including phenoxy) is 1. The smallest absolute Gasteiger partial charge is 0.456 e. The van der Waals surface area contributed by atoms with Crippen LogP contribution in [0.4, 0.5) is 22.0 Å². The molecule has 172 valence electrons. The van der Waals surface area contributed by atoms with E-state index in [0.29, 0.717) is 27.9 Å². The van der Waals surface area contributed by atoms with Crippen molar-refractivity contribution >= 4 is 17.4 Å². The van der Waals surface area contributed by atoms with Gasteiger partial charge in [-0.3, -0.25) is 9.36 Å². The van der Waals surface area contributed by atoms with Crippen molar-refractivity contribution in [2.75, 3.05) is 12.4 Å². The van der Waals surface area contributed by atoms with Crippen LogP contribution in [0.3, 0.4) is 0 Å². The van der Waals surface area contributed by atoms with E-state index in [1.807, 2.05) is 13.0 Å². The summed E-state index contributed by atoms with van der Waals surface area (Å²) >= 11 is 1.42. The van der Waals surface area contributed by atoms with Gasteiger partial charge in [0.15, 0.2) is 18.1 Å². The summed E-state index contributed by atoms with van der Waals surface area (Å²) in [7, 11) is 1.24. The highest BCUT2D eigenvalue weighted by atomic mass is 32.2. The van der Waals surface area contributed by atoms with Gasteiger partial charge in [-0.05, 0) is 36.8 Å². The largest absolute Gasteiger partial charge is 0.472 e. The average molecular weight is 474 g/mol. The molecule has 1 aliphatic carbocycles. The Balaban J connectivity index is 1.76. The van der Waals surface area contributed by atoms with Crippen LogP contribution in [0.1, 0.15) is 31.4 Å². The molecule has 12 heteroatoms. The predicted molar refractivity (Wildman–Crippen MR) is 109 cm³/mol. The van der Waals surface area contributed by atoms with E-state index in [-0.39, 0.29) is 5.56 Å². The van der Waals surface area contributed by atoms with Crippen LogP contribution in [-0.2, 0) is 7.05 Å². The molecule has 4 rings (SSSR count). The van der Waals surface area contributed by atoms with E-state index >= 15 is 0 Å². The highest BCUT2D eigenvalue weighted by Crippen LogP contribution is 2.42. The second-order valence-corrected chi connectivity index (χ2v) is 8.69. The summed E-state index contributed by atoms with van der Waals surface area (Å²) in [6, 6.07) is 4.42. The summed E-state index contributed by atoms with van der Waals surface area (Å²) in [5.74, 6) is -4.39. The van der Waals surface area contributed by atoms with Gasteiger partial charge < -0.3 is 4.74 Å². The van der Waals surface area contributed by atoms with Crippen molar-refractivity contribution in [3.8, 4) is 17.0 Å². The Kier molecular flexibility index (Phi) is 5.68. The number of thioether (sulfide) groups is 1. The monoisotopic (exact) mass is 474 g/mol. The number of aromatic nitrogens is 4. The first-order valence-electron chi connectivity index (χ1n) is 9.83. The molecule has 0 unspecified atom stereocenters. The van der Waals surface area contributed by atoms with E-state index in [9.17, 15) is 26.7 Å². The highest BCUT2D eigenvalue weighted by molar-refractivity contribution is 7.99. The fraction of sp³-hybridized carbons (Fsp3) is 0.450.